The monoisotopic (exact) mass is 171 g/mol. The first kappa shape index (κ1) is 11.6. The summed E-state index contributed by atoms with van der Waals surface area (Å²) in [7, 11) is 0. The summed E-state index contributed by atoms with van der Waals surface area (Å²) in [4.78, 5) is 10.9. The summed E-state index contributed by atoms with van der Waals surface area (Å²) >= 11 is 0. The van der Waals surface area contributed by atoms with Crippen molar-refractivity contribution in [1.29, 1.82) is 0 Å². The van der Waals surface area contributed by atoms with E-state index in [1.807, 2.05) is 13.8 Å². The third kappa shape index (κ3) is 3.35. The number of carbonyl (C=O) groups is 1. The van der Waals surface area contributed by atoms with Gasteiger partial charge in [-0.05, 0) is 33.6 Å². The van der Waals surface area contributed by atoms with E-state index in [0.29, 0.717) is 0 Å². The summed E-state index contributed by atoms with van der Waals surface area (Å²) < 4.78 is 0. The third-order valence-corrected chi connectivity index (χ3v) is 2.11. The van der Waals surface area contributed by atoms with Crippen LogP contribution < -0.4 is 5.32 Å². The Morgan fingerprint density at radius 1 is 1.42 bits per heavy atom. The number of Topliss-reactive ketones (excluding diaryl/α,β-unsaturated/α-hetero) is 1. The zero-order chi connectivity index (χ0) is 9.78. The highest BCUT2D eigenvalue weighted by Gasteiger charge is 2.31. The van der Waals surface area contributed by atoms with E-state index >= 15 is 0 Å². The lowest BCUT2D eigenvalue weighted by Crippen LogP contribution is -2.40. The van der Waals surface area contributed by atoms with E-state index in [-0.39, 0.29) is 17.4 Å². The molecule has 0 aromatic carbocycles. The minimum Gasteiger partial charge on any atom is -0.302 e. The Kier molecular flexibility index (Phi) is 4.46. The summed E-state index contributed by atoms with van der Waals surface area (Å²) in [5.41, 5.74) is 0.177. The second kappa shape index (κ2) is 4.61. The first-order valence-corrected chi connectivity index (χ1v) is 4.79. The largest absolute Gasteiger partial charge is 0.302 e. The van der Waals surface area contributed by atoms with Crippen molar-refractivity contribution in [2.45, 2.75) is 59.0 Å². The quantitative estimate of drug-likeness (QED) is 0.655. The van der Waals surface area contributed by atoms with Crippen LogP contribution in [-0.4, -0.2) is 17.4 Å². The molecule has 72 valence electrons. The van der Waals surface area contributed by atoms with Gasteiger partial charge in [0.25, 0.3) is 0 Å². The molecule has 0 aliphatic carbocycles. The molecule has 1 saturated heterocycles. The number of hydrogen-bond acceptors (Lipinski definition) is 2. The number of nitrogens with one attached hydrogen (secondary N) is 1. The molecule has 12 heavy (non-hydrogen) atoms. The van der Waals surface area contributed by atoms with Crippen LogP contribution in [0.2, 0.25) is 0 Å². The number of ketones is 1. The molecule has 1 rings (SSSR count). The Morgan fingerprint density at radius 2 is 1.92 bits per heavy atom. The van der Waals surface area contributed by atoms with Crippen LogP contribution in [0.4, 0.5) is 0 Å². The zero-order valence-electron chi connectivity index (χ0n) is 8.90. The van der Waals surface area contributed by atoms with Gasteiger partial charge in [0.05, 0.1) is 6.04 Å². The van der Waals surface area contributed by atoms with Gasteiger partial charge in [0.15, 0.2) is 0 Å². The molecule has 1 atom stereocenters. The molecule has 1 aliphatic rings. The predicted octanol–water partition coefficient (Wildman–Crippen LogP) is 2.13. The van der Waals surface area contributed by atoms with Crippen molar-refractivity contribution in [1.82, 2.24) is 5.32 Å². The van der Waals surface area contributed by atoms with E-state index in [1.165, 1.54) is 0 Å². The molecule has 1 N–H and O–H groups in total. The fraction of sp³-hybridized carbons (Fsp3) is 0.900. The van der Waals surface area contributed by atoms with Crippen LogP contribution in [0.3, 0.4) is 0 Å². The van der Waals surface area contributed by atoms with Gasteiger partial charge in [-0.3, -0.25) is 4.79 Å². The average molecular weight is 171 g/mol. The Morgan fingerprint density at radius 3 is 2.08 bits per heavy atom. The lowest BCUT2D eigenvalue weighted by atomic mass is 10.0. The van der Waals surface area contributed by atoms with E-state index in [4.69, 9.17) is 0 Å². The lowest BCUT2D eigenvalue weighted by molar-refractivity contribution is -0.118. The van der Waals surface area contributed by atoms with Crippen molar-refractivity contribution in [3.8, 4) is 0 Å². The van der Waals surface area contributed by atoms with E-state index in [2.05, 4.69) is 19.2 Å². The SMILES string of the molecule is CC.CC(=O)C1CCC(C)(C)N1. The second-order valence-corrected chi connectivity index (χ2v) is 3.73. The maximum atomic E-state index is 10.9. The molecule has 0 spiro atoms. The fourth-order valence-corrected chi connectivity index (χ4v) is 1.43. The highest BCUT2D eigenvalue weighted by Crippen LogP contribution is 2.22. The molecule has 0 amide bonds. The minimum absolute atomic E-state index is 0.120. The normalized spacial score (nSPS) is 25.9. The Hall–Kier alpha value is -0.370. The van der Waals surface area contributed by atoms with E-state index < -0.39 is 0 Å². The second-order valence-electron chi connectivity index (χ2n) is 3.73. The van der Waals surface area contributed by atoms with Crippen molar-refractivity contribution in [3.05, 3.63) is 0 Å². The standard InChI is InChI=1S/C8H15NO.C2H6/c1-6(10)7-4-5-8(2,3)9-7;1-2/h7,9H,4-5H2,1-3H3;1-2H3. The van der Waals surface area contributed by atoms with Crippen molar-refractivity contribution in [2.24, 2.45) is 0 Å². The molecule has 0 radical (unpaired) electrons. The van der Waals surface area contributed by atoms with Gasteiger partial charge in [0.1, 0.15) is 5.78 Å². The Bertz CT molecular complexity index is 152. The van der Waals surface area contributed by atoms with Crippen LogP contribution in [0.25, 0.3) is 0 Å². The zero-order valence-corrected chi connectivity index (χ0v) is 8.90. The van der Waals surface area contributed by atoms with Gasteiger partial charge in [-0.15, -0.1) is 0 Å². The van der Waals surface area contributed by atoms with Crippen LogP contribution in [-0.2, 0) is 4.79 Å². The van der Waals surface area contributed by atoms with Gasteiger partial charge in [-0.1, -0.05) is 13.8 Å². The first-order chi connectivity index (χ1) is 5.51. The molecule has 1 fully saturated rings. The molecule has 1 heterocycles. The topological polar surface area (TPSA) is 29.1 Å². The summed E-state index contributed by atoms with van der Waals surface area (Å²) in [5, 5.41) is 3.28. The minimum atomic E-state index is 0.120. The maximum absolute atomic E-state index is 10.9. The van der Waals surface area contributed by atoms with Gasteiger partial charge >= 0.3 is 0 Å². The molecule has 2 heteroatoms. The molecule has 0 saturated carbocycles. The Labute approximate surface area is 75.7 Å². The number of carbonyl (C=O) groups excluding carboxylic acids is 1. The van der Waals surface area contributed by atoms with Crippen LogP contribution in [0.5, 0.6) is 0 Å². The lowest BCUT2D eigenvalue weighted by Gasteiger charge is -2.18. The van der Waals surface area contributed by atoms with E-state index in [9.17, 15) is 4.79 Å². The van der Waals surface area contributed by atoms with Crippen LogP contribution in [0.1, 0.15) is 47.5 Å². The fourth-order valence-electron chi connectivity index (χ4n) is 1.43. The number of hydrogen-bond donors (Lipinski definition) is 1. The van der Waals surface area contributed by atoms with E-state index in [0.717, 1.165) is 12.8 Å². The van der Waals surface area contributed by atoms with Crippen LogP contribution in [0.15, 0.2) is 0 Å². The average Bonchev–Trinajstić information content (AvgIpc) is 2.35. The molecule has 1 unspecified atom stereocenters. The van der Waals surface area contributed by atoms with Gasteiger partial charge < -0.3 is 5.32 Å². The highest BCUT2D eigenvalue weighted by atomic mass is 16.1. The highest BCUT2D eigenvalue weighted by molar-refractivity contribution is 5.81. The molecule has 0 aromatic rings. The molecule has 0 aromatic heterocycles. The predicted molar refractivity (Wildman–Crippen MR) is 52.3 cm³/mol. The van der Waals surface area contributed by atoms with Crippen molar-refractivity contribution in [2.75, 3.05) is 0 Å². The van der Waals surface area contributed by atoms with Gasteiger partial charge in [0.2, 0.25) is 0 Å². The molecule has 2 nitrogen and oxygen atoms in total. The summed E-state index contributed by atoms with van der Waals surface area (Å²) in [5.74, 6) is 0.269. The summed E-state index contributed by atoms with van der Waals surface area (Å²) in [6.07, 6.45) is 2.11. The van der Waals surface area contributed by atoms with E-state index in [1.54, 1.807) is 6.92 Å². The van der Waals surface area contributed by atoms with Gasteiger partial charge in [-0.25, -0.2) is 0 Å². The summed E-state index contributed by atoms with van der Waals surface area (Å²) in [6, 6.07) is 0.120. The third-order valence-electron chi connectivity index (χ3n) is 2.11. The molecule has 0 bridgehead atoms. The molecule has 1 aliphatic heterocycles. The van der Waals surface area contributed by atoms with Crippen LogP contribution >= 0.6 is 0 Å². The maximum Gasteiger partial charge on any atom is 0.146 e. The number of rotatable bonds is 1. The first-order valence-electron chi connectivity index (χ1n) is 4.79. The molecular weight excluding hydrogens is 150 g/mol. The van der Waals surface area contributed by atoms with Gasteiger partial charge in [0, 0.05) is 5.54 Å². The molecular formula is C10H21NO. The van der Waals surface area contributed by atoms with Crippen LogP contribution in [0, 0.1) is 0 Å². The summed E-state index contributed by atoms with van der Waals surface area (Å²) in [6.45, 7) is 9.92. The van der Waals surface area contributed by atoms with Crippen molar-refractivity contribution < 1.29 is 4.79 Å². The van der Waals surface area contributed by atoms with Crippen molar-refractivity contribution >= 4 is 5.78 Å². The Balaban J connectivity index is 0.000000561. The van der Waals surface area contributed by atoms with Gasteiger partial charge in [-0.2, -0.15) is 0 Å². The van der Waals surface area contributed by atoms with Crippen molar-refractivity contribution in [3.63, 3.8) is 0 Å². The smallest absolute Gasteiger partial charge is 0.146 e.